The Morgan fingerprint density at radius 3 is 2.40 bits per heavy atom. The molecular weight excluding hydrogens is 394 g/mol. The number of rotatable bonds is 4. The summed E-state index contributed by atoms with van der Waals surface area (Å²) in [4.78, 5) is 18.8. The molecule has 1 fully saturated rings. The molecule has 2 aromatic heterocycles. The number of pyridine rings is 1. The molecule has 30 heavy (non-hydrogen) atoms. The molecule has 0 amide bonds. The Bertz CT molecular complexity index is 1140. The molecule has 5 nitrogen and oxygen atoms in total. The third kappa shape index (κ3) is 3.99. The minimum Gasteiger partial charge on any atom is -0.353 e. The van der Waals surface area contributed by atoms with Gasteiger partial charge in [-0.3, -0.25) is 9.88 Å². The van der Waals surface area contributed by atoms with Gasteiger partial charge in [0.05, 0.1) is 5.52 Å². The highest BCUT2D eigenvalue weighted by molar-refractivity contribution is 6.30. The van der Waals surface area contributed by atoms with E-state index in [1.807, 2.05) is 36.5 Å². The number of halogens is 1. The molecule has 0 radical (unpaired) electrons. The van der Waals surface area contributed by atoms with E-state index in [1.165, 1.54) is 5.56 Å². The number of hydrogen-bond acceptors (Lipinski definition) is 5. The lowest BCUT2D eigenvalue weighted by Gasteiger charge is -2.36. The summed E-state index contributed by atoms with van der Waals surface area (Å²) >= 11 is 6.01. The average Bonchev–Trinajstić information content (AvgIpc) is 2.81. The first kappa shape index (κ1) is 19.0. The van der Waals surface area contributed by atoms with Crippen molar-refractivity contribution < 1.29 is 0 Å². The van der Waals surface area contributed by atoms with Crippen LogP contribution in [0.4, 0.5) is 5.82 Å². The third-order valence-electron chi connectivity index (χ3n) is 5.49. The second kappa shape index (κ2) is 8.38. The van der Waals surface area contributed by atoms with Gasteiger partial charge in [-0.15, -0.1) is 0 Å². The topological polar surface area (TPSA) is 45.2 Å². The fraction of sp³-hybridized carbons (Fsp3) is 0.208. The summed E-state index contributed by atoms with van der Waals surface area (Å²) in [6, 6.07) is 20.3. The highest BCUT2D eigenvalue weighted by atomic mass is 35.5. The Hall–Kier alpha value is -3.02. The molecule has 150 valence electrons. The number of anilines is 1. The monoisotopic (exact) mass is 415 g/mol. The summed E-state index contributed by atoms with van der Waals surface area (Å²) in [5, 5.41) is 1.87. The summed E-state index contributed by atoms with van der Waals surface area (Å²) in [5.41, 5.74) is 3.19. The molecule has 3 heterocycles. The fourth-order valence-corrected chi connectivity index (χ4v) is 4.02. The number of benzene rings is 2. The first-order valence-electron chi connectivity index (χ1n) is 10.2. The molecule has 6 heteroatoms. The van der Waals surface area contributed by atoms with Crippen LogP contribution in [0.1, 0.15) is 5.56 Å². The molecule has 2 aromatic carbocycles. The van der Waals surface area contributed by atoms with Crippen LogP contribution in [-0.4, -0.2) is 46.0 Å². The van der Waals surface area contributed by atoms with E-state index < -0.39 is 0 Å². The summed E-state index contributed by atoms with van der Waals surface area (Å²) in [6.07, 6.45) is 3.59. The lowest BCUT2D eigenvalue weighted by atomic mass is 10.1. The maximum atomic E-state index is 6.01. The number of piperazine rings is 1. The number of hydrogen-bond donors (Lipinski definition) is 0. The first-order valence-corrected chi connectivity index (χ1v) is 10.5. The Morgan fingerprint density at radius 1 is 0.833 bits per heavy atom. The van der Waals surface area contributed by atoms with E-state index in [0.717, 1.165) is 65.9 Å². The lowest BCUT2D eigenvalue weighted by Crippen LogP contribution is -2.46. The van der Waals surface area contributed by atoms with Crippen molar-refractivity contribution in [1.82, 2.24) is 19.9 Å². The predicted molar refractivity (Wildman–Crippen MR) is 122 cm³/mol. The second-order valence-corrected chi connectivity index (χ2v) is 7.96. The summed E-state index contributed by atoms with van der Waals surface area (Å²) < 4.78 is 0. The molecule has 0 N–H and O–H groups in total. The highest BCUT2D eigenvalue weighted by Gasteiger charge is 2.21. The Labute approximate surface area is 181 Å². The van der Waals surface area contributed by atoms with E-state index in [0.29, 0.717) is 0 Å². The van der Waals surface area contributed by atoms with Gasteiger partial charge in [-0.1, -0.05) is 35.9 Å². The SMILES string of the molecule is Clc1ccc(CN2CCN(c3nc(-c4cccnc4)nc4ccccc34)CC2)cc1. The fourth-order valence-electron chi connectivity index (χ4n) is 3.89. The van der Waals surface area contributed by atoms with Crippen molar-refractivity contribution in [2.75, 3.05) is 31.1 Å². The van der Waals surface area contributed by atoms with Crippen molar-refractivity contribution in [3.8, 4) is 11.4 Å². The van der Waals surface area contributed by atoms with Crippen LogP contribution in [0.3, 0.4) is 0 Å². The smallest absolute Gasteiger partial charge is 0.163 e. The van der Waals surface area contributed by atoms with Crippen LogP contribution in [0.5, 0.6) is 0 Å². The molecule has 0 aliphatic carbocycles. The van der Waals surface area contributed by atoms with Crippen molar-refractivity contribution in [2.24, 2.45) is 0 Å². The van der Waals surface area contributed by atoms with Crippen LogP contribution < -0.4 is 4.90 Å². The molecule has 1 aliphatic rings. The van der Waals surface area contributed by atoms with Crippen molar-refractivity contribution in [3.05, 3.63) is 83.6 Å². The number of aromatic nitrogens is 3. The third-order valence-corrected chi connectivity index (χ3v) is 5.75. The molecule has 0 unspecified atom stereocenters. The molecule has 1 saturated heterocycles. The summed E-state index contributed by atoms with van der Waals surface area (Å²) in [5.74, 6) is 1.73. The van der Waals surface area contributed by atoms with Crippen molar-refractivity contribution in [2.45, 2.75) is 6.54 Å². The largest absolute Gasteiger partial charge is 0.353 e. The van der Waals surface area contributed by atoms with Gasteiger partial charge in [-0.25, -0.2) is 9.97 Å². The molecular formula is C24H22ClN5. The molecule has 0 bridgehead atoms. The Morgan fingerprint density at radius 2 is 1.63 bits per heavy atom. The average molecular weight is 416 g/mol. The first-order chi connectivity index (χ1) is 14.8. The van der Waals surface area contributed by atoms with Gasteiger partial charge in [-0.05, 0) is 42.0 Å². The molecule has 0 atom stereocenters. The number of para-hydroxylation sites is 1. The van der Waals surface area contributed by atoms with E-state index in [1.54, 1.807) is 6.20 Å². The molecule has 0 spiro atoms. The van der Waals surface area contributed by atoms with E-state index in [9.17, 15) is 0 Å². The van der Waals surface area contributed by atoms with Crippen LogP contribution >= 0.6 is 11.6 Å². The molecule has 0 saturated carbocycles. The van der Waals surface area contributed by atoms with E-state index in [4.69, 9.17) is 21.6 Å². The highest BCUT2D eigenvalue weighted by Crippen LogP contribution is 2.28. The zero-order chi connectivity index (χ0) is 20.3. The minimum absolute atomic E-state index is 0.723. The van der Waals surface area contributed by atoms with E-state index >= 15 is 0 Å². The van der Waals surface area contributed by atoms with Gasteiger partial charge < -0.3 is 4.90 Å². The van der Waals surface area contributed by atoms with Crippen molar-refractivity contribution >= 4 is 28.3 Å². The molecule has 4 aromatic rings. The summed E-state index contributed by atoms with van der Waals surface area (Å²) in [6.45, 7) is 4.78. The van der Waals surface area contributed by atoms with Gasteiger partial charge in [0.25, 0.3) is 0 Å². The van der Waals surface area contributed by atoms with Gasteiger partial charge in [0.2, 0.25) is 0 Å². The van der Waals surface area contributed by atoms with Gasteiger partial charge >= 0.3 is 0 Å². The van der Waals surface area contributed by atoms with E-state index in [2.05, 4.69) is 45.1 Å². The van der Waals surface area contributed by atoms with Crippen molar-refractivity contribution in [3.63, 3.8) is 0 Å². The standard InChI is InChI=1S/C24H22ClN5/c25-20-9-7-18(8-10-20)17-29-12-14-30(15-13-29)24-21-5-1-2-6-22(21)27-23(28-24)19-4-3-11-26-16-19/h1-11,16H,12-15,17H2. The van der Waals surface area contributed by atoms with Crippen molar-refractivity contribution in [1.29, 1.82) is 0 Å². The Kier molecular flexibility index (Phi) is 5.30. The number of fused-ring (bicyclic) bond motifs is 1. The molecule has 1 aliphatic heterocycles. The van der Waals surface area contributed by atoms with Crippen LogP contribution in [0.25, 0.3) is 22.3 Å². The van der Waals surface area contributed by atoms with Crippen LogP contribution in [0.15, 0.2) is 73.1 Å². The second-order valence-electron chi connectivity index (χ2n) is 7.52. The summed E-state index contributed by atoms with van der Waals surface area (Å²) in [7, 11) is 0. The maximum Gasteiger partial charge on any atom is 0.163 e. The lowest BCUT2D eigenvalue weighted by molar-refractivity contribution is 0.249. The minimum atomic E-state index is 0.723. The normalized spacial score (nSPS) is 14.9. The van der Waals surface area contributed by atoms with Gasteiger partial charge in [0.15, 0.2) is 5.82 Å². The van der Waals surface area contributed by atoms with Gasteiger partial charge in [0.1, 0.15) is 5.82 Å². The maximum absolute atomic E-state index is 6.01. The van der Waals surface area contributed by atoms with Crippen LogP contribution in [0, 0.1) is 0 Å². The van der Waals surface area contributed by atoms with Crippen LogP contribution in [0.2, 0.25) is 5.02 Å². The number of nitrogens with zero attached hydrogens (tertiary/aromatic N) is 5. The quantitative estimate of drug-likeness (QED) is 0.484. The predicted octanol–water partition coefficient (Wildman–Crippen LogP) is 4.67. The zero-order valence-electron chi connectivity index (χ0n) is 16.6. The Balaban J connectivity index is 1.39. The zero-order valence-corrected chi connectivity index (χ0v) is 17.3. The van der Waals surface area contributed by atoms with Crippen LogP contribution in [-0.2, 0) is 6.54 Å². The van der Waals surface area contributed by atoms with Gasteiger partial charge in [0, 0.05) is 61.1 Å². The molecule has 5 rings (SSSR count). The van der Waals surface area contributed by atoms with E-state index in [-0.39, 0.29) is 0 Å². The van der Waals surface area contributed by atoms with Gasteiger partial charge in [-0.2, -0.15) is 0 Å².